The molecule has 2 saturated carbocycles. The van der Waals surface area contributed by atoms with Crippen molar-refractivity contribution in [3.8, 4) is 0 Å². The number of benzene rings is 6. The molecule has 0 amide bonds. The van der Waals surface area contributed by atoms with Crippen LogP contribution < -0.4 is 0 Å². The van der Waals surface area contributed by atoms with Gasteiger partial charge in [-0.05, 0) is 235 Å². The van der Waals surface area contributed by atoms with Gasteiger partial charge in [0.1, 0.15) is 0 Å². The smallest absolute Gasteiger partial charge is 0.390 e. The van der Waals surface area contributed by atoms with Crippen LogP contribution in [-0.4, -0.2) is 167 Å². The van der Waals surface area contributed by atoms with Gasteiger partial charge in [0, 0.05) is 171 Å². The number of aromatic nitrogens is 18. The molecular formula is C109H106F6N18O12. The SMILES string of the molecule is CCCn1nc(Cc2cnccc2C(=O)O)c2cc(C)ccc21.CCn1nc(Cc2cnccc2C(=O)O)c2cc(C)ccc21.Cc1ccc2c(c1)c(Cc1cnccc1C(=O)O)nn2CC1CC1.Cc1ccc2c(c1)c(Cc1cnccc1C(=O)O)nn2CC1CC1.Cc1ccc2c(c1)c(Cc1cnccc1C(=O)O)nn2CCC(F)(F)F.Cc1ccc2c(c1)c(Cc1cnccc1C(=O)O)nn2CCC(F)(F)F. The zero-order chi connectivity index (χ0) is 103. The number of rotatable bonds is 29. The third-order valence-corrected chi connectivity index (χ3v) is 25.1. The van der Waals surface area contributed by atoms with E-state index in [0.29, 0.717) is 103 Å². The fourth-order valence-electron chi connectivity index (χ4n) is 17.5. The molecule has 0 unspecified atom stereocenters. The van der Waals surface area contributed by atoms with Gasteiger partial charge in [0.25, 0.3) is 0 Å². The van der Waals surface area contributed by atoms with Crippen LogP contribution in [0.4, 0.5) is 26.3 Å². The monoisotopic (exact) mass is 1970 g/mol. The number of aromatic carboxylic acids is 6. The minimum absolute atomic E-state index is 0.102. The third-order valence-electron chi connectivity index (χ3n) is 25.1. The molecule has 6 aromatic carbocycles. The maximum Gasteiger partial charge on any atom is 0.390 e. The average Bonchev–Trinajstić information content (AvgIpc) is 1.70. The molecule has 2 fully saturated rings. The van der Waals surface area contributed by atoms with E-state index in [-0.39, 0.29) is 48.2 Å². The van der Waals surface area contributed by atoms with E-state index in [0.717, 1.165) is 128 Å². The largest absolute Gasteiger partial charge is 0.478 e. The number of hydrogen-bond acceptors (Lipinski definition) is 18. The Balaban J connectivity index is 0.000000131. The third kappa shape index (κ3) is 25.9. The molecule has 36 heteroatoms. The summed E-state index contributed by atoms with van der Waals surface area (Å²) in [6.45, 7) is 19.1. The number of fused-ring (bicyclic) bond motifs is 6. The van der Waals surface area contributed by atoms with Gasteiger partial charge in [0.15, 0.2) is 0 Å². The molecule has 746 valence electrons. The van der Waals surface area contributed by atoms with Crippen molar-refractivity contribution in [3.63, 3.8) is 0 Å². The Morgan fingerprint density at radius 2 is 0.476 bits per heavy atom. The summed E-state index contributed by atoms with van der Waals surface area (Å²) in [6, 6.07) is 44.9. The van der Waals surface area contributed by atoms with E-state index < -0.39 is 61.0 Å². The number of carboxylic acid groups (broad SMARTS) is 6. The van der Waals surface area contributed by atoms with E-state index in [9.17, 15) is 85.7 Å². The van der Waals surface area contributed by atoms with Crippen molar-refractivity contribution in [3.05, 3.63) is 354 Å². The molecule has 0 saturated heterocycles. The van der Waals surface area contributed by atoms with E-state index >= 15 is 0 Å². The molecule has 0 radical (unpaired) electrons. The second kappa shape index (κ2) is 45.1. The van der Waals surface area contributed by atoms with Gasteiger partial charge in [-0.1, -0.05) is 76.7 Å². The maximum absolute atomic E-state index is 12.6. The van der Waals surface area contributed by atoms with Crippen molar-refractivity contribution >= 4 is 101 Å². The summed E-state index contributed by atoms with van der Waals surface area (Å²) in [6.07, 6.45) is 16.0. The fourth-order valence-corrected chi connectivity index (χ4v) is 17.5. The summed E-state index contributed by atoms with van der Waals surface area (Å²) in [7, 11) is 0. The molecule has 18 aromatic rings. The second-order valence-corrected chi connectivity index (χ2v) is 36.4. The molecular weight excluding hydrogens is 1870 g/mol. The van der Waals surface area contributed by atoms with Crippen molar-refractivity contribution in [2.24, 2.45) is 11.8 Å². The standard InChI is InChI=1S/2C19H19N3O2.2C18H16F3N3O2.C18H19N3O2.C17H17N3O2/c2*1-12-2-5-18-16(8-12)17(21-22(18)11-13-3-4-13)9-14-10-20-7-6-15(14)19(23)24;2*1-11-2-3-16-14(8-11)15(23-24(16)7-5-18(19,20)21)9-12-10-22-6-4-13(12)17(25)26;1-3-8-21-17-5-4-12(2)9-15(17)16(20-21)10-13-11-19-7-6-14(13)18(22)23;1-3-20-16-5-4-11(2)8-14(16)15(19-20)9-12-10-18-7-6-13(12)17(21)22/h2*2,5-8,10,13H,3-4,9,11H2,1H3,(H,23,24);2*2-4,6,8,10H,5,7,9H2,1H3,(H,25,26);4-7,9,11H,3,8,10H2,1-2H3,(H,22,23);4-8,10H,3,9H2,1-2H3,(H,21,22). The summed E-state index contributed by atoms with van der Waals surface area (Å²) in [5, 5.41) is 89.4. The molecule has 6 N–H and O–H groups in total. The first kappa shape index (κ1) is 103. The van der Waals surface area contributed by atoms with Crippen LogP contribution in [0.5, 0.6) is 0 Å². The van der Waals surface area contributed by atoms with E-state index in [1.54, 1.807) is 49.1 Å². The zero-order valence-electron chi connectivity index (χ0n) is 80.8. The summed E-state index contributed by atoms with van der Waals surface area (Å²) in [5.41, 5.74) is 21.9. The van der Waals surface area contributed by atoms with Crippen molar-refractivity contribution in [2.45, 2.75) is 190 Å². The molecule has 30 nitrogen and oxygen atoms in total. The highest BCUT2D eigenvalue weighted by Gasteiger charge is 2.32. The van der Waals surface area contributed by atoms with Gasteiger partial charge in [-0.3, -0.25) is 58.0 Å². The van der Waals surface area contributed by atoms with Gasteiger partial charge in [-0.15, -0.1) is 0 Å². The number of nitrogens with zero attached hydrogens (tertiary/aromatic N) is 18. The van der Waals surface area contributed by atoms with Crippen LogP contribution in [0, 0.1) is 53.4 Å². The Morgan fingerprint density at radius 3 is 0.669 bits per heavy atom. The lowest BCUT2D eigenvalue weighted by Gasteiger charge is -2.07. The van der Waals surface area contributed by atoms with Crippen LogP contribution in [-0.2, 0) is 77.8 Å². The van der Waals surface area contributed by atoms with Crippen LogP contribution in [0.1, 0.15) is 222 Å². The minimum atomic E-state index is -4.27. The van der Waals surface area contributed by atoms with Crippen LogP contribution in [0.2, 0.25) is 0 Å². The van der Waals surface area contributed by atoms with Gasteiger partial charge in [0.05, 0.1) is 127 Å². The van der Waals surface area contributed by atoms with Crippen molar-refractivity contribution in [2.75, 3.05) is 0 Å². The van der Waals surface area contributed by atoms with Crippen molar-refractivity contribution in [1.82, 2.24) is 88.6 Å². The molecule has 0 bridgehead atoms. The molecule has 2 aliphatic rings. The van der Waals surface area contributed by atoms with Gasteiger partial charge in [-0.25, -0.2) is 28.8 Å². The zero-order valence-corrected chi connectivity index (χ0v) is 80.8. The number of aryl methyl sites for hydroxylation is 10. The van der Waals surface area contributed by atoms with E-state index in [4.69, 9.17) is 15.3 Å². The minimum Gasteiger partial charge on any atom is -0.478 e. The highest BCUT2D eigenvalue weighted by molar-refractivity contribution is 5.95. The number of pyridine rings is 6. The highest BCUT2D eigenvalue weighted by atomic mass is 19.4. The Bertz CT molecular complexity index is 7550. The predicted molar refractivity (Wildman–Crippen MR) is 534 cm³/mol. The van der Waals surface area contributed by atoms with Crippen LogP contribution >= 0.6 is 0 Å². The Morgan fingerprint density at radius 1 is 0.283 bits per heavy atom. The average molecular weight is 1970 g/mol. The Hall–Kier alpha value is -16.6. The lowest BCUT2D eigenvalue weighted by Crippen LogP contribution is -2.13. The van der Waals surface area contributed by atoms with E-state index in [1.807, 2.05) is 68.2 Å². The number of hydrogen-bond donors (Lipinski definition) is 6. The molecule has 2 aliphatic carbocycles. The Labute approximate surface area is 827 Å². The maximum atomic E-state index is 12.6. The summed E-state index contributed by atoms with van der Waals surface area (Å²) >= 11 is 0. The van der Waals surface area contributed by atoms with Gasteiger partial charge < -0.3 is 30.6 Å². The normalized spacial score (nSPS) is 12.4. The number of carbonyl (C=O) groups is 6. The molecule has 0 spiro atoms. The second-order valence-electron chi connectivity index (χ2n) is 36.4. The lowest BCUT2D eigenvalue weighted by molar-refractivity contribution is -0.137. The predicted octanol–water partition coefficient (Wildman–Crippen LogP) is 21.3. The van der Waals surface area contributed by atoms with Gasteiger partial charge in [-0.2, -0.15) is 56.9 Å². The van der Waals surface area contributed by atoms with E-state index in [2.05, 4.69) is 148 Å². The summed E-state index contributed by atoms with van der Waals surface area (Å²) < 4.78 is 86.3. The Kier molecular flexibility index (Phi) is 32.0. The fraction of sp³-hybridized carbons (Fsp3) is 0.284. The first-order valence-electron chi connectivity index (χ1n) is 47.3. The van der Waals surface area contributed by atoms with Crippen LogP contribution in [0.15, 0.2) is 220 Å². The van der Waals surface area contributed by atoms with Crippen molar-refractivity contribution < 1.29 is 85.7 Å². The van der Waals surface area contributed by atoms with Crippen LogP contribution in [0.3, 0.4) is 0 Å². The lowest BCUT2D eigenvalue weighted by atomic mass is 10.0. The molecule has 0 atom stereocenters. The number of carboxylic acids is 6. The number of alkyl halides is 6. The molecule has 12 heterocycles. The van der Waals surface area contributed by atoms with Crippen molar-refractivity contribution in [1.29, 1.82) is 0 Å². The van der Waals surface area contributed by atoms with Crippen LogP contribution in [0.25, 0.3) is 65.4 Å². The molecule has 20 rings (SSSR count). The first-order chi connectivity index (χ1) is 69.4. The van der Waals surface area contributed by atoms with Gasteiger partial charge in [0.2, 0.25) is 0 Å². The first-order valence-corrected chi connectivity index (χ1v) is 47.3. The quantitative estimate of drug-likeness (QED) is 0.0237. The van der Waals surface area contributed by atoms with Gasteiger partial charge >= 0.3 is 48.2 Å². The summed E-state index contributed by atoms with van der Waals surface area (Å²) in [4.78, 5) is 92.5. The molecule has 12 aromatic heterocycles. The molecule has 0 aliphatic heterocycles. The van der Waals surface area contributed by atoms with E-state index in [1.165, 1.54) is 126 Å². The highest BCUT2D eigenvalue weighted by Crippen LogP contribution is 2.37. The topological polar surface area (TPSA) is 408 Å². The molecule has 145 heavy (non-hydrogen) atoms. The number of halogens is 6. The summed E-state index contributed by atoms with van der Waals surface area (Å²) in [5.74, 6) is -4.43.